The van der Waals surface area contributed by atoms with Gasteiger partial charge in [0.2, 0.25) is 5.91 Å². The second-order valence-electron chi connectivity index (χ2n) is 5.63. The number of rotatable bonds is 3. The number of hydrogen-bond donors (Lipinski definition) is 1. The zero-order valence-corrected chi connectivity index (χ0v) is 10.8. The molecule has 1 aliphatic rings. The van der Waals surface area contributed by atoms with Crippen molar-refractivity contribution in [2.24, 2.45) is 11.7 Å². The Morgan fingerprint density at radius 1 is 1.50 bits per heavy atom. The van der Waals surface area contributed by atoms with Gasteiger partial charge < -0.3 is 15.4 Å². The summed E-state index contributed by atoms with van der Waals surface area (Å²) in [6.07, 6.45) is 1.01. The molecule has 0 aromatic rings. The fraction of sp³-hybridized carbons (Fsp3) is 0.917. The number of ether oxygens (including phenoxy) is 1. The molecule has 0 spiro atoms. The fourth-order valence-electron chi connectivity index (χ4n) is 2.02. The Bertz CT molecular complexity index is 248. The van der Waals surface area contributed by atoms with Crippen molar-refractivity contribution in [1.82, 2.24) is 4.90 Å². The van der Waals surface area contributed by atoms with Gasteiger partial charge >= 0.3 is 0 Å². The molecule has 2 atom stereocenters. The van der Waals surface area contributed by atoms with Crippen LogP contribution in [0.3, 0.4) is 0 Å². The molecule has 0 saturated carbocycles. The molecule has 2 unspecified atom stereocenters. The van der Waals surface area contributed by atoms with Crippen LogP contribution in [-0.4, -0.2) is 42.1 Å². The second-order valence-corrected chi connectivity index (χ2v) is 5.63. The topological polar surface area (TPSA) is 55.6 Å². The number of carbonyl (C=O) groups excluding carboxylic acids is 1. The van der Waals surface area contributed by atoms with Gasteiger partial charge in [0.15, 0.2) is 0 Å². The largest absolute Gasteiger partial charge is 0.366 e. The normalized spacial score (nSPS) is 26.2. The number of carbonyl (C=O) groups is 1. The third-order valence-corrected chi connectivity index (χ3v) is 2.94. The molecule has 0 bridgehead atoms. The molecule has 4 heteroatoms. The van der Waals surface area contributed by atoms with Crippen LogP contribution in [0.1, 0.15) is 34.1 Å². The molecule has 0 aromatic heterocycles. The van der Waals surface area contributed by atoms with Crippen molar-refractivity contribution >= 4 is 5.91 Å². The first-order valence-corrected chi connectivity index (χ1v) is 5.97. The molecular weight excluding hydrogens is 204 g/mol. The van der Waals surface area contributed by atoms with E-state index in [4.69, 9.17) is 10.5 Å². The highest BCUT2D eigenvalue weighted by molar-refractivity contribution is 5.78. The van der Waals surface area contributed by atoms with Crippen LogP contribution in [0, 0.1) is 5.92 Å². The lowest BCUT2D eigenvalue weighted by Crippen LogP contribution is -2.38. The van der Waals surface area contributed by atoms with E-state index in [0.29, 0.717) is 18.5 Å². The van der Waals surface area contributed by atoms with Crippen molar-refractivity contribution in [3.8, 4) is 0 Å². The molecule has 1 saturated heterocycles. The highest BCUT2D eigenvalue weighted by Crippen LogP contribution is 2.22. The van der Waals surface area contributed by atoms with Gasteiger partial charge in [-0.1, -0.05) is 0 Å². The van der Waals surface area contributed by atoms with E-state index in [1.54, 1.807) is 0 Å². The van der Waals surface area contributed by atoms with E-state index in [1.165, 1.54) is 0 Å². The van der Waals surface area contributed by atoms with Gasteiger partial charge in [-0.05, 0) is 46.6 Å². The Labute approximate surface area is 98.1 Å². The van der Waals surface area contributed by atoms with Crippen molar-refractivity contribution in [3.63, 3.8) is 0 Å². The number of hydrogen-bond acceptors (Lipinski definition) is 3. The van der Waals surface area contributed by atoms with Gasteiger partial charge in [0.05, 0.1) is 5.60 Å². The van der Waals surface area contributed by atoms with E-state index >= 15 is 0 Å². The van der Waals surface area contributed by atoms with E-state index < -0.39 is 0 Å². The minimum atomic E-state index is -0.258. The van der Waals surface area contributed by atoms with E-state index in [2.05, 4.69) is 6.92 Å². The summed E-state index contributed by atoms with van der Waals surface area (Å²) in [5, 5.41) is 0. The third kappa shape index (κ3) is 3.76. The van der Waals surface area contributed by atoms with Crippen molar-refractivity contribution in [2.45, 2.75) is 45.8 Å². The van der Waals surface area contributed by atoms with Gasteiger partial charge in [0.1, 0.15) is 6.61 Å². The first kappa shape index (κ1) is 13.5. The summed E-state index contributed by atoms with van der Waals surface area (Å²) in [6.45, 7) is 9.55. The number of amides is 1. The van der Waals surface area contributed by atoms with Crippen LogP contribution in [0.5, 0.6) is 0 Å². The maximum atomic E-state index is 11.9. The molecule has 0 radical (unpaired) electrons. The van der Waals surface area contributed by atoms with E-state index in [-0.39, 0.29) is 18.1 Å². The quantitative estimate of drug-likeness (QED) is 0.784. The highest BCUT2D eigenvalue weighted by atomic mass is 16.5. The standard InChI is InChI=1S/C12H24N2O2/c1-9-5-10(6-13)7-14(9)11(15)8-16-12(2,3)4/h9-10H,5-8,13H2,1-4H3. The lowest BCUT2D eigenvalue weighted by Gasteiger charge is -2.25. The smallest absolute Gasteiger partial charge is 0.248 e. The number of nitrogens with zero attached hydrogens (tertiary/aromatic N) is 1. The summed E-state index contributed by atoms with van der Waals surface area (Å²) in [4.78, 5) is 13.8. The molecule has 94 valence electrons. The molecule has 4 nitrogen and oxygen atoms in total. The van der Waals surface area contributed by atoms with E-state index in [0.717, 1.165) is 13.0 Å². The van der Waals surface area contributed by atoms with Crippen molar-refractivity contribution in [1.29, 1.82) is 0 Å². The van der Waals surface area contributed by atoms with Crippen molar-refractivity contribution in [2.75, 3.05) is 19.7 Å². The van der Waals surface area contributed by atoms with E-state index in [1.807, 2.05) is 25.7 Å². The maximum Gasteiger partial charge on any atom is 0.248 e. The average Bonchev–Trinajstić information content (AvgIpc) is 2.55. The monoisotopic (exact) mass is 228 g/mol. The SMILES string of the molecule is CC1CC(CN)CN1C(=O)COC(C)(C)C. The van der Waals surface area contributed by atoms with Gasteiger partial charge in [-0.15, -0.1) is 0 Å². The minimum Gasteiger partial charge on any atom is -0.366 e. The summed E-state index contributed by atoms with van der Waals surface area (Å²) in [5.74, 6) is 0.534. The zero-order valence-electron chi connectivity index (χ0n) is 10.8. The summed E-state index contributed by atoms with van der Waals surface area (Å²) < 4.78 is 5.50. The van der Waals surface area contributed by atoms with Crippen molar-refractivity contribution < 1.29 is 9.53 Å². The molecule has 0 aromatic carbocycles. The predicted octanol–water partition coefficient (Wildman–Crippen LogP) is 0.997. The number of likely N-dealkylation sites (tertiary alicyclic amines) is 1. The molecule has 1 rings (SSSR count). The van der Waals surface area contributed by atoms with Gasteiger partial charge in [0, 0.05) is 12.6 Å². The summed E-state index contributed by atoms with van der Waals surface area (Å²) in [5.41, 5.74) is 5.37. The fourth-order valence-corrected chi connectivity index (χ4v) is 2.02. The van der Waals surface area contributed by atoms with Gasteiger partial charge in [-0.25, -0.2) is 0 Å². The van der Waals surface area contributed by atoms with Crippen LogP contribution in [0.25, 0.3) is 0 Å². The predicted molar refractivity (Wildman–Crippen MR) is 64.0 cm³/mol. The Kier molecular flexibility index (Phi) is 4.33. The lowest BCUT2D eigenvalue weighted by molar-refractivity contribution is -0.141. The average molecular weight is 228 g/mol. The lowest BCUT2D eigenvalue weighted by atomic mass is 10.1. The minimum absolute atomic E-state index is 0.0818. The van der Waals surface area contributed by atoms with Gasteiger partial charge in [0.25, 0.3) is 0 Å². The molecule has 1 amide bonds. The van der Waals surface area contributed by atoms with Crippen LogP contribution >= 0.6 is 0 Å². The third-order valence-electron chi connectivity index (χ3n) is 2.94. The summed E-state index contributed by atoms with van der Waals surface area (Å²) >= 11 is 0. The van der Waals surface area contributed by atoms with E-state index in [9.17, 15) is 4.79 Å². The molecule has 1 aliphatic heterocycles. The first-order valence-electron chi connectivity index (χ1n) is 5.97. The Morgan fingerprint density at radius 3 is 2.56 bits per heavy atom. The van der Waals surface area contributed by atoms with Gasteiger partial charge in [-0.2, -0.15) is 0 Å². The van der Waals surface area contributed by atoms with Crippen LogP contribution in [0.4, 0.5) is 0 Å². The molecule has 2 N–H and O–H groups in total. The molecule has 1 fully saturated rings. The number of nitrogens with two attached hydrogens (primary N) is 1. The Balaban J connectivity index is 2.43. The Hall–Kier alpha value is -0.610. The van der Waals surface area contributed by atoms with Crippen LogP contribution in [0.2, 0.25) is 0 Å². The molecular formula is C12H24N2O2. The highest BCUT2D eigenvalue weighted by Gasteiger charge is 2.31. The zero-order chi connectivity index (χ0) is 12.3. The molecule has 1 heterocycles. The van der Waals surface area contributed by atoms with Gasteiger partial charge in [-0.3, -0.25) is 4.79 Å². The molecule has 0 aliphatic carbocycles. The molecule has 16 heavy (non-hydrogen) atoms. The van der Waals surface area contributed by atoms with Crippen LogP contribution in [0.15, 0.2) is 0 Å². The Morgan fingerprint density at radius 2 is 2.12 bits per heavy atom. The second kappa shape index (κ2) is 5.15. The summed E-state index contributed by atoms with van der Waals surface area (Å²) in [6, 6.07) is 0.296. The first-order chi connectivity index (χ1) is 7.33. The van der Waals surface area contributed by atoms with Crippen LogP contribution < -0.4 is 5.73 Å². The van der Waals surface area contributed by atoms with Crippen molar-refractivity contribution in [3.05, 3.63) is 0 Å². The van der Waals surface area contributed by atoms with Crippen LogP contribution in [-0.2, 0) is 9.53 Å². The summed E-state index contributed by atoms with van der Waals surface area (Å²) in [7, 11) is 0. The maximum absolute atomic E-state index is 11.9.